The zero-order chi connectivity index (χ0) is 12.4. The Bertz CT molecular complexity index is 547. The molecule has 2 aromatic rings. The lowest BCUT2D eigenvalue weighted by Gasteiger charge is -2.26. The van der Waals surface area contributed by atoms with Gasteiger partial charge in [0.1, 0.15) is 5.75 Å². The quantitative estimate of drug-likeness (QED) is 0.903. The van der Waals surface area contributed by atoms with E-state index < -0.39 is 0 Å². The number of rotatable bonds is 2. The average molecular weight is 262 g/mol. The minimum atomic E-state index is 0.134. The van der Waals surface area contributed by atoms with Crippen LogP contribution in [-0.4, -0.2) is 16.6 Å². The molecule has 0 amide bonds. The topological polar surface area (TPSA) is 47.0 Å². The molecule has 1 aromatic carbocycles. The Hall–Kier alpha value is -1.81. The summed E-state index contributed by atoms with van der Waals surface area (Å²) in [7, 11) is 0. The fourth-order valence-corrected chi connectivity index (χ4v) is 2.23. The summed E-state index contributed by atoms with van der Waals surface area (Å²) in [6.45, 7) is 0.680. The van der Waals surface area contributed by atoms with Gasteiger partial charge in [0, 0.05) is 29.4 Å². The molecule has 0 spiro atoms. The van der Waals surface area contributed by atoms with Gasteiger partial charge in [-0.25, -0.2) is 9.97 Å². The molecule has 0 saturated heterocycles. The fraction of sp³-hybridized carbons (Fsp3) is 0.231. The fourth-order valence-electron chi connectivity index (χ4n) is 2.04. The Morgan fingerprint density at radius 1 is 1.28 bits per heavy atom. The Morgan fingerprint density at radius 2 is 2.11 bits per heavy atom. The molecule has 3 rings (SSSR count). The maximum Gasteiger partial charge on any atom is 0.223 e. The Morgan fingerprint density at radius 3 is 2.94 bits per heavy atom. The van der Waals surface area contributed by atoms with Gasteiger partial charge in [-0.15, -0.1) is 0 Å². The third kappa shape index (κ3) is 2.24. The van der Waals surface area contributed by atoms with Crippen molar-refractivity contribution in [3.05, 3.63) is 47.2 Å². The minimum absolute atomic E-state index is 0.134. The molecule has 1 unspecified atom stereocenters. The van der Waals surface area contributed by atoms with Gasteiger partial charge in [0.2, 0.25) is 5.95 Å². The van der Waals surface area contributed by atoms with Crippen molar-refractivity contribution in [2.24, 2.45) is 0 Å². The molecule has 1 aliphatic rings. The first-order valence-electron chi connectivity index (χ1n) is 5.79. The first-order chi connectivity index (χ1) is 8.83. The molecular weight excluding hydrogens is 250 g/mol. The van der Waals surface area contributed by atoms with Crippen LogP contribution in [0.1, 0.15) is 18.0 Å². The van der Waals surface area contributed by atoms with Crippen LogP contribution in [0.3, 0.4) is 0 Å². The summed E-state index contributed by atoms with van der Waals surface area (Å²) < 4.78 is 5.61. The summed E-state index contributed by atoms with van der Waals surface area (Å²) in [6.07, 6.45) is 4.30. The van der Waals surface area contributed by atoms with E-state index in [0.29, 0.717) is 17.6 Å². The number of aromatic nitrogens is 2. The van der Waals surface area contributed by atoms with Crippen LogP contribution in [0.15, 0.2) is 36.7 Å². The summed E-state index contributed by atoms with van der Waals surface area (Å²) in [5.41, 5.74) is 1.06. The van der Waals surface area contributed by atoms with Crippen LogP contribution >= 0.6 is 11.6 Å². The molecule has 0 saturated carbocycles. The zero-order valence-corrected chi connectivity index (χ0v) is 10.4. The summed E-state index contributed by atoms with van der Waals surface area (Å²) in [5.74, 6) is 1.49. The van der Waals surface area contributed by atoms with Gasteiger partial charge in [-0.1, -0.05) is 11.6 Å². The number of hydrogen-bond acceptors (Lipinski definition) is 4. The SMILES string of the molecule is Clc1ccc2c(c1)C(Nc1ncccn1)CCO2. The van der Waals surface area contributed by atoms with Gasteiger partial charge in [0.15, 0.2) is 0 Å². The predicted molar refractivity (Wildman–Crippen MR) is 70.0 cm³/mol. The van der Waals surface area contributed by atoms with Gasteiger partial charge >= 0.3 is 0 Å². The Kier molecular flexibility index (Phi) is 3.02. The van der Waals surface area contributed by atoms with Crippen molar-refractivity contribution in [1.82, 2.24) is 9.97 Å². The third-order valence-electron chi connectivity index (χ3n) is 2.88. The van der Waals surface area contributed by atoms with E-state index in [-0.39, 0.29) is 6.04 Å². The van der Waals surface area contributed by atoms with Crippen LogP contribution in [0, 0.1) is 0 Å². The van der Waals surface area contributed by atoms with E-state index in [2.05, 4.69) is 15.3 Å². The van der Waals surface area contributed by atoms with E-state index in [0.717, 1.165) is 17.7 Å². The third-order valence-corrected chi connectivity index (χ3v) is 3.12. The van der Waals surface area contributed by atoms with Crippen molar-refractivity contribution in [2.75, 3.05) is 11.9 Å². The standard InChI is InChI=1S/C13H12ClN3O/c14-9-2-3-12-10(8-9)11(4-7-18-12)17-13-15-5-1-6-16-13/h1-3,5-6,8,11H,4,7H2,(H,15,16,17). The molecule has 5 heteroatoms. The van der Waals surface area contributed by atoms with Crippen LogP contribution in [0.4, 0.5) is 5.95 Å². The summed E-state index contributed by atoms with van der Waals surface area (Å²) in [4.78, 5) is 8.34. The monoisotopic (exact) mass is 261 g/mol. The summed E-state index contributed by atoms with van der Waals surface area (Å²) >= 11 is 6.03. The zero-order valence-electron chi connectivity index (χ0n) is 9.64. The summed E-state index contributed by atoms with van der Waals surface area (Å²) in [5, 5.41) is 4.01. The van der Waals surface area contributed by atoms with Gasteiger partial charge in [0.05, 0.1) is 12.6 Å². The van der Waals surface area contributed by atoms with Crippen LogP contribution < -0.4 is 10.1 Å². The maximum atomic E-state index is 6.03. The van der Waals surface area contributed by atoms with Crippen molar-refractivity contribution < 1.29 is 4.74 Å². The van der Waals surface area contributed by atoms with Crippen molar-refractivity contribution in [1.29, 1.82) is 0 Å². The van der Waals surface area contributed by atoms with Crippen molar-refractivity contribution in [3.63, 3.8) is 0 Å². The average Bonchev–Trinajstić information content (AvgIpc) is 2.41. The normalized spacial score (nSPS) is 17.7. The number of benzene rings is 1. The van der Waals surface area contributed by atoms with E-state index in [4.69, 9.17) is 16.3 Å². The number of hydrogen-bond donors (Lipinski definition) is 1. The number of fused-ring (bicyclic) bond motifs is 1. The molecule has 0 aliphatic carbocycles. The van der Waals surface area contributed by atoms with Crippen molar-refractivity contribution >= 4 is 17.5 Å². The van der Waals surface area contributed by atoms with Gasteiger partial charge in [-0.2, -0.15) is 0 Å². The van der Waals surface area contributed by atoms with Gasteiger partial charge in [-0.3, -0.25) is 0 Å². The second-order valence-corrected chi connectivity index (χ2v) is 4.53. The predicted octanol–water partition coefficient (Wildman–Crippen LogP) is 3.07. The van der Waals surface area contributed by atoms with Crippen LogP contribution in [-0.2, 0) is 0 Å². The molecule has 1 atom stereocenters. The molecule has 0 bridgehead atoms. The minimum Gasteiger partial charge on any atom is -0.493 e. The van der Waals surface area contributed by atoms with E-state index >= 15 is 0 Å². The number of ether oxygens (including phenoxy) is 1. The smallest absolute Gasteiger partial charge is 0.223 e. The number of nitrogens with one attached hydrogen (secondary N) is 1. The van der Waals surface area contributed by atoms with Gasteiger partial charge in [-0.05, 0) is 24.3 Å². The molecule has 0 fully saturated rings. The number of anilines is 1. The van der Waals surface area contributed by atoms with Crippen LogP contribution in [0.25, 0.3) is 0 Å². The highest BCUT2D eigenvalue weighted by molar-refractivity contribution is 6.30. The lowest BCUT2D eigenvalue weighted by atomic mass is 10.0. The van der Waals surface area contributed by atoms with Crippen molar-refractivity contribution in [3.8, 4) is 5.75 Å². The lowest BCUT2D eigenvalue weighted by Crippen LogP contribution is -2.21. The highest BCUT2D eigenvalue weighted by Crippen LogP contribution is 2.35. The highest BCUT2D eigenvalue weighted by Gasteiger charge is 2.22. The van der Waals surface area contributed by atoms with E-state index in [1.54, 1.807) is 18.5 Å². The van der Waals surface area contributed by atoms with Crippen molar-refractivity contribution in [2.45, 2.75) is 12.5 Å². The molecule has 1 N–H and O–H groups in total. The Labute approximate surface area is 110 Å². The lowest BCUT2D eigenvalue weighted by molar-refractivity contribution is 0.274. The van der Waals surface area contributed by atoms with Gasteiger partial charge in [0.25, 0.3) is 0 Å². The van der Waals surface area contributed by atoms with E-state index in [1.165, 1.54) is 0 Å². The molecule has 18 heavy (non-hydrogen) atoms. The first kappa shape index (κ1) is 11.3. The molecule has 2 heterocycles. The highest BCUT2D eigenvalue weighted by atomic mass is 35.5. The molecule has 1 aliphatic heterocycles. The van der Waals surface area contributed by atoms with Crippen LogP contribution in [0.5, 0.6) is 5.75 Å². The number of halogens is 1. The number of nitrogens with zero attached hydrogens (tertiary/aromatic N) is 2. The maximum absolute atomic E-state index is 6.03. The van der Waals surface area contributed by atoms with E-state index in [9.17, 15) is 0 Å². The Balaban J connectivity index is 1.89. The molecule has 0 radical (unpaired) electrons. The molecule has 1 aromatic heterocycles. The second-order valence-electron chi connectivity index (χ2n) is 4.09. The second kappa shape index (κ2) is 4.82. The first-order valence-corrected chi connectivity index (χ1v) is 6.16. The molecule has 92 valence electrons. The largest absolute Gasteiger partial charge is 0.493 e. The summed E-state index contributed by atoms with van der Waals surface area (Å²) in [6, 6.07) is 7.59. The van der Waals surface area contributed by atoms with Crippen LogP contribution in [0.2, 0.25) is 5.02 Å². The molecular formula is C13H12ClN3O. The van der Waals surface area contributed by atoms with Gasteiger partial charge < -0.3 is 10.1 Å². The molecule has 4 nitrogen and oxygen atoms in total. The van der Waals surface area contributed by atoms with E-state index in [1.807, 2.05) is 18.2 Å².